The number of nitrogens with zero attached hydrogens (tertiary/aromatic N) is 4. The van der Waals surface area contributed by atoms with Crippen molar-refractivity contribution >= 4 is 38.6 Å². The Labute approximate surface area is 199 Å². The highest BCUT2D eigenvalue weighted by Gasteiger charge is 2.31. The van der Waals surface area contributed by atoms with Crippen molar-refractivity contribution in [2.45, 2.75) is 44.8 Å². The van der Waals surface area contributed by atoms with Gasteiger partial charge in [-0.3, -0.25) is 19.0 Å². The molecule has 1 saturated carbocycles. The first-order valence-electron chi connectivity index (χ1n) is 11.4. The second kappa shape index (κ2) is 9.49. The second-order valence-corrected chi connectivity index (χ2v) is 9.78. The maximum atomic E-state index is 13.0. The number of carbonyl (C=O) groups is 2. The van der Waals surface area contributed by atoms with Gasteiger partial charge in [0.15, 0.2) is 10.8 Å². The summed E-state index contributed by atoms with van der Waals surface area (Å²) >= 11 is 1.24. The number of thiazole rings is 1. The number of fused-ring (bicyclic) bond motifs is 1. The number of hydrogen-bond donors (Lipinski definition) is 2. The Balaban J connectivity index is 1.25. The molecule has 11 heteroatoms. The maximum Gasteiger partial charge on any atom is 0.273 e. The van der Waals surface area contributed by atoms with E-state index in [9.17, 15) is 18.8 Å². The van der Waals surface area contributed by atoms with Crippen LogP contribution in [0.3, 0.4) is 0 Å². The molecule has 1 aromatic carbocycles. The summed E-state index contributed by atoms with van der Waals surface area (Å²) in [6.07, 6.45) is 5.17. The van der Waals surface area contributed by atoms with Crippen LogP contribution in [0.15, 0.2) is 35.4 Å². The number of nitrogens with one attached hydrogen (secondary N) is 2. The van der Waals surface area contributed by atoms with Crippen molar-refractivity contribution < 1.29 is 14.0 Å². The predicted molar refractivity (Wildman–Crippen MR) is 126 cm³/mol. The van der Waals surface area contributed by atoms with Crippen molar-refractivity contribution in [2.75, 3.05) is 18.0 Å². The van der Waals surface area contributed by atoms with Crippen LogP contribution in [0.25, 0.3) is 10.3 Å². The monoisotopic (exact) mass is 484 g/mol. The molecule has 0 bridgehead atoms. The number of piperidine rings is 1. The molecule has 1 saturated heterocycles. The van der Waals surface area contributed by atoms with Crippen LogP contribution < -0.4 is 21.1 Å². The third-order valence-electron chi connectivity index (χ3n) is 6.08. The Morgan fingerprint density at radius 1 is 1.18 bits per heavy atom. The normalized spacial score (nSPS) is 18.1. The van der Waals surface area contributed by atoms with E-state index in [0.717, 1.165) is 37.8 Å². The number of halogens is 1. The average Bonchev–Trinajstić information content (AvgIpc) is 3.55. The topological polar surface area (TPSA) is 109 Å². The summed E-state index contributed by atoms with van der Waals surface area (Å²) in [4.78, 5) is 48.6. The van der Waals surface area contributed by atoms with Gasteiger partial charge in [0.2, 0.25) is 11.8 Å². The highest BCUT2D eigenvalue weighted by molar-refractivity contribution is 7.22. The largest absolute Gasteiger partial charge is 0.353 e. The molecule has 3 heterocycles. The maximum absolute atomic E-state index is 13.0. The zero-order valence-electron chi connectivity index (χ0n) is 18.5. The Morgan fingerprint density at radius 3 is 2.74 bits per heavy atom. The fraction of sp³-hybridized carbons (Fsp3) is 0.435. The first-order chi connectivity index (χ1) is 16.5. The quantitative estimate of drug-likeness (QED) is 0.529. The van der Waals surface area contributed by atoms with Crippen molar-refractivity contribution in [1.29, 1.82) is 0 Å². The second-order valence-electron chi connectivity index (χ2n) is 8.80. The van der Waals surface area contributed by atoms with E-state index in [4.69, 9.17) is 0 Å². The number of aromatic nitrogens is 3. The molecular formula is C23H25FN6O3S. The molecule has 2 N–H and O–H groups in total. The molecule has 3 aromatic rings. The Bertz CT molecular complexity index is 1270. The molecule has 1 aliphatic carbocycles. The van der Waals surface area contributed by atoms with Crippen LogP contribution in [0.2, 0.25) is 0 Å². The fourth-order valence-corrected chi connectivity index (χ4v) is 5.01. The number of hydrogen-bond acceptors (Lipinski definition) is 7. The lowest BCUT2D eigenvalue weighted by Gasteiger charge is -2.31. The molecular weight excluding hydrogens is 459 g/mol. The van der Waals surface area contributed by atoms with Gasteiger partial charge in [-0.25, -0.2) is 9.37 Å². The molecule has 2 fully saturated rings. The van der Waals surface area contributed by atoms with E-state index in [2.05, 4.69) is 20.6 Å². The molecule has 1 atom stereocenters. The molecule has 2 aliphatic rings. The van der Waals surface area contributed by atoms with Gasteiger partial charge in [0.05, 0.1) is 5.92 Å². The zero-order valence-corrected chi connectivity index (χ0v) is 19.3. The first kappa shape index (κ1) is 22.5. The van der Waals surface area contributed by atoms with E-state index in [1.165, 1.54) is 34.4 Å². The number of anilines is 1. The van der Waals surface area contributed by atoms with Crippen molar-refractivity contribution in [3.63, 3.8) is 0 Å². The molecule has 1 unspecified atom stereocenters. The molecule has 2 amide bonds. The summed E-state index contributed by atoms with van der Waals surface area (Å²) < 4.78 is 14.6. The van der Waals surface area contributed by atoms with E-state index in [0.29, 0.717) is 28.1 Å². The highest BCUT2D eigenvalue weighted by atomic mass is 32.1. The standard InChI is InChI=1S/C23H25FN6O3S/c24-16-5-3-14(4-6-16)10-25-18(31)12-30-13-26-20-19(22(30)33)34-23(28-20)29-9-1-2-15(11-29)21(32)27-17-7-8-17/h3-6,13,15,17H,1-2,7-12H2,(H,25,31)(H,27,32). The van der Waals surface area contributed by atoms with Gasteiger partial charge in [-0.1, -0.05) is 23.5 Å². The minimum absolute atomic E-state index is 0.0872. The van der Waals surface area contributed by atoms with Crippen LogP contribution >= 0.6 is 11.3 Å². The van der Waals surface area contributed by atoms with Gasteiger partial charge in [-0.05, 0) is 43.4 Å². The molecule has 1 aliphatic heterocycles. The number of carbonyl (C=O) groups excluding carboxylic acids is 2. The van der Waals surface area contributed by atoms with E-state index in [-0.39, 0.29) is 42.2 Å². The molecule has 5 rings (SSSR count). The summed E-state index contributed by atoms with van der Waals surface area (Å²) in [5.41, 5.74) is 0.775. The number of amides is 2. The minimum atomic E-state index is -0.349. The molecule has 2 aromatic heterocycles. The first-order valence-corrected chi connectivity index (χ1v) is 12.2. The lowest BCUT2D eigenvalue weighted by atomic mass is 9.97. The van der Waals surface area contributed by atoms with E-state index < -0.39 is 0 Å². The van der Waals surface area contributed by atoms with Crippen molar-refractivity contribution in [3.8, 4) is 0 Å². The average molecular weight is 485 g/mol. The van der Waals surface area contributed by atoms with Crippen LogP contribution in [0, 0.1) is 11.7 Å². The Kier molecular flexibility index (Phi) is 6.27. The van der Waals surface area contributed by atoms with Gasteiger partial charge in [0.1, 0.15) is 23.4 Å². The summed E-state index contributed by atoms with van der Waals surface area (Å²) in [7, 11) is 0. The predicted octanol–water partition coefficient (Wildman–Crippen LogP) is 1.80. The summed E-state index contributed by atoms with van der Waals surface area (Å²) in [5, 5.41) is 6.47. The number of rotatable bonds is 7. The minimum Gasteiger partial charge on any atom is -0.353 e. The van der Waals surface area contributed by atoms with Crippen LogP contribution in [0.1, 0.15) is 31.2 Å². The lowest BCUT2D eigenvalue weighted by Crippen LogP contribution is -2.43. The van der Waals surface area contributed by atoms with Crippen LogP contribution in [-0.2, 0) is 22.7 Å². The van der Waals surface area contributed by atoms with E-state index in [1.807, 2.05) is 4.90 Å². The van der Waals surface area contributed by atoms with Gasteiger partial charge >= 0.3 is 0 Å². The number of benzene rings is 1. The molecule has 0 radical (unpaired) electrons. The van der Waals surface area contributed by atoms with Crippen molar-refractivity contribution in [1.82, 2.24) is 25.2 Å². The molecule has 9 nitrogen and oxygen atoms in total. The van der Waals surface area contributed by atoms with Crippen molar-refractivity contribution in [3.05, 3.63) is 52.3 Å². The zero-order chi connectivity index (χ0) is 23.7. The van der Waals surface area contributed by atoms with E-state index in [1.54, 1.807) is 12.1 Å². The lowest BCUT2D eigenvalue weighted by molar-refractivity contribution is -0.125. The molecule has 34 heavy (non-hydrogen) atoms. The smallest absolute Gasteiger partial charge is 0.273 e. The van der Waals surface area contributed by atoms with Gasteiger partial charge in [0, 0.05) is 25.7 Å². The van der Waals surface area contributed by atoms with E-state index >= 15 is 0 Å². The summed E-state index contributed by atoms with van der Waals surface area (Å²) in [5.74, 6) is -0.680. The van der Waals surface area contributed by atoms with Gasteiger partial charge < -0.3 is 15.5 Å². The van der Waals surface area contributed by atoms with Crippen LogP contribution in [0.4, 0.5) is 9.52 Å². The Morgan fingerprint density at radius 2 is 1.97 bits per heavy atom. The highest BCUT2D eigenvalue weighted by Crippen LogP contribution is 2.30. The SMILES string of the molecule is O=C(Cn1cnc2nc(N3CCCC(C(=O)NC4CC4)C3)sc2c1=O)NCc1ccc(F)cc1. The van der Waals surface area contributed by atoms with Crippen LogP contribution in [0.5, 0.6) is 0 Å². The van der Waals surface area contributed by atoms with Crippen LogP contribution in [-0.4, -0.2) is 45.5 Å². The third kappa shape index (κ3) is 5.09. The third-order valence-corrected chi connectivity index (χ3v) is 7.17. The van der Waals surface area contributed by atoms with Gasteiger partial charge in [-0.15, -0.1) is 0 Å². The summed E-state index contributed by atoms with van der Waals surface area (Å²) in [6.45, 7) is 1.40. The van der Waals surface area contributed by atoms with Gasteiger partial charge in [-0.2, -0.15) is 4.98 Å². The fourth-order valence-electron chi connectivity index (χ4n) is 4.01. The Hall–Kier alpha value is -3.34. The molecule has 178 valence electrons. The van der Waals surface area contributed by atoms with Crippen molar-refractivity contribution in [2.24, 2.45) is 5.92 Å². The van der Waals surface area contributed by atoms with Gasteiger partial charge in [0.25, 0.3) is 5.56 Å². The molecule has 0 spiro atoms. The summed E-state index contributed by atoms with van der Waals surface area (Å²) in [6, 6.07) is 6.18.